The first-order valence-electron chi connectivity index (χ1n) is 5.90. The Hall–Kier alpha value is -1.10. The van der Waals surface area contributed by atoms with E-state index >= 15 is 0 Å². The van der Waals surface area contributed by atoms with Crippen LogP contribution in [0.25, 0.3) is 0 Å². The molecule has 1 saturated heterocycles. The summed E-state index contributed by atoms with van der Waals surface area (Å²) in [6, 6.07) is 6.94. The van der Waals surface area contributed by atoms with Crippen molar-refractivity contribution in [2.45, 2.75) is 12.5 Å². The van der Waals surface area contributed by atoms with E-state index < -0.39 is 5.60 Å². The minimum atomic E-state index is -1.04. The molecule has 2 N–H and O–H groups in total. The van der Waals surface area contributed by atoms with E-state index in [2.05, 4.69) is 4.90 Å². The number of rotatable bonds is 3. The first-order valence-corrected chi connectivity index (χ1v) is 5.90. The fourth-order valence-electron chi connectivity index (χ4n) is 2.21. The second-order valence-corrected chi connectivity index (χ2v) is 4.68. The number of hydrogen-bond donors (Lipinski definition) is 2. The number of β-amino-alcohol motifs (C(OH)–C–C–N with tert-alkyl or cyclic N) is 1. The van der Waals surface area contributed by atoms with Crippen LogP contribution < -0.4 is 0 Å². The summed E-state index contributed by atoms with van der Waals surface area (Å²) in [6.45, 7) is 5.30. The molecule has 1 aliphatic heterocycles. The highest BCUT2D eigenvalue weighted by Crippen LogP contribution is 2.29. The van der Waals surface area contributed by atoms with Gasteiger partial charge >= 0.3 is 0 Å². The van der Waals surface area contributed by atoms with Crippen molar-refractivity contribution in [3.8, 4) is 5.75 Å². The van der Waals surface area contributed by atoms with E-state index in [-0.39, 0.29) is 5.75 Å². The van der Waals surface area contributed by atoms with Gasteiger partial charge in [0.2, 0.25) is 0 Å². The monoisotopic (exact) mass is 237 g/mol. The number of para-hydroxylation sites is 1. The molecule has 1 unspecified atom stereocenters. The number of benzene rings is 1. The maximum atomic E-state index is 10.5. The molecule has 1 aromatic rings. The summed E-state index contributed by atoms with van der Waals surface area (Å²) in [5.41, 5.74) is -0.464. The van der Waals surface area contributed by atoms with Gasteiger partial charge in [0, 0.05) is 25.2 Å². The number of aliphatic hydroxyl groups is 1. The van der Waals surface area contributed by atoms with E-state index in [1.54, 1.807) is 25.1 Å². The van der Waals surface area contributed by atoms with Crippen LogP contribution in [0.2, 0.25) is 0 Å². The van der Waals surface area contributed by atoms with Crippen molar-refractivity contribution in [3.05, 3.63) is 29.8 Å². The second-order valence-electron chi connectivity index (χ2n) is 4.68. The Morgan fingerprint density at radius 1 is 1.29 bits per heavy atom. The lowest BCUT2D eigenvalue weighted by Crippen LogP contribution is -2.44. The zero-order valence-electron chi connectivity index (χ0n) is 10.1. The highest BCUT2D eigenvalue weighted by Gasteiger charge is 2.29. The van der Waals surface area contributed by atoms with Crippen molar-refractivity contribution < 1.29 is 14.9 Å². The first kappa shape index (κ1) is 12.4. The Morgan fingerprint density at radius 3 is 2.59 bits per heavy atom. The lowest BCUT2D eigenvalue weighted by atomic mass is 9.94. The molecule has 0 bridgehead atoms. The molecule has 1 atom stereocenters. The molecule has 0 spiro atoms. The van der Waals surface area contributed by atoms with Gasteiger partial charge in [-0.05, 0) is 13.0 Å². The average molecular weight is 237 g/mol. The highest BCUT2D eigenvalue weighted by molar-refractivity contribution is 5.36. The van der Waals surface area contributed by atoms with Crippen LogP contribution in [0.3, 0.4) is 0 Å². The molecule has 0 saturated carbocycles. The summed E-state index contributed by atoms with van der Waals surface area (Å²) in [4.78, 5) is 2.15. The average Bonchev–Trinajstić information content (AvgIpc) is 2.30. The van der Waals surface area contributed by atoms with Gasteiger partial charge in [-0.1, -0.05) is 18.2 Å². The largest absolute Gasteiger partial charge is 0.508 e. The number of morpholine rings is 1. The smallest absolute Gasteiger partial charge is 0.121 e. The Bertz CT molecular complexity index is 373. The van der Waals surface area contributed by atoms with E-state index in [0.717, 1.165) is 13.1 Å². The van der Waals surface area contributed by atoms with Crippen LogP contribution in [0.4, 0.5) is 0 Å². The molecule has 0 aromatic heterocycles. The molecule has 2 rings (SSSR count). The number of ether oxygens (including phenoxy) is 1. The second kappa shape index (κ2) is 5.04. The van der Waals surface area contributed by atoms with Gasteiger partial charge in [0.1, 0.15) is 11.4 Å². The lowest BCUT2D eigenvalue weighted by molar-refractivity contribution is -0.0262. The van der Waals surface area contributed by atoms with Crippen molar-refractivity contribution in [2.75, 3.05) is 32.8 Å². The predicted molar refractivity (Wildman–Crippen MR) is 64.9 cm³/mol. The molecule has 1 aromatic carbocycles. The minimum absolute atomic E-state index is 0.144. The van der Waals surface area contributed by atoms with Gasteiger partial charge in [-0.15, -0.1) is 0 Å². The molecule has 4 heteroatoms. The molecule has 0 aliphatic carbocycles. The molecule has 94 valence electrons. The molecular formula is C13H19NO3. The Morgan fingerprint density at radius 2 is 1.94 bits per heavy atom. The van der Waals surface area contributed by atoms with E-state index in [1.165, 1.54) is 0 Å². The highest BCUT2D eigenvalue weighted by atomic mass is 16.5. The number of phenols is 1. The van der Waals surface area contributed by atoms with E-state index in [0.29, 0.717) is 25.3 Å². The number of hydrogen-bond acceptors (Lipinski definition) is 4. The summed E-state index contributed by atoms with van der Waals surface area (Å²) < 4.78 is 5.27. The molecule has 1 heterocycles. The Labute approximate surface area is 101 Å². The lowest BCUT2D eigenvalue weighted by Gasteiger charge is -2.34. The fraction of sp³-hybridized carbons (Fsp3) is 0.538. The van der Waals surface area contributed by atoms with E-state index in [1.807, 2.05) is 6.07 Å². The van der Waals surface area contributed by atoms with Gasteiger partial charge < -0.3 is 14.9 Å². The van der Waals surface area contributed by atoms with Crippen LogP contribution in [0, 0.1) is 0 Å². The topological polar surface area (TPSA) is 52.9 Å². The summed E-state index contributed by atoms with van der Waals surface area (Å²) in [7, 11) is 0. The van der Waals surface area contributed by atoms with Gasteiger partial charge in [0.05, 0.1) is 13.2 Å². The Balaban J connectivity index is 2.10. The van der Waals surface area contributed by atoms with Gasteiger partial charge in [-0.25, -0.2) is 0 Å². The Kier molecular flexibility index (Phi) is 3.66. The zero-order chi connectivity index (χ0) is 12.3. The summed E-state index contributed by atoms with van der Waals surface area (Å²) in [5, 5.41) is 20.2. The van der Waals surface area contributed by atoms with E-state index in [9.17, 15) is 10.2 Å². The zero-order valence-corrected chi connectivity index (χ0v) is 10.1. The maximum Gasteiger partial charge on any atom is 0.121 e. The van der Waals surface area contributed by atoms with Gasteiger partial charge in [-0.2, -0.15) is 0 Å². The van der Waals surface area contributed by atoms with Gasteiger partial charge in [0.25, 0.3) is 0 Å². The van der Waals surface area contributed by atoms with Crippen molar-refractivity contribution in [2.24, 2.45) is 0 Å². The van der Waals surface area contributed by atoms with Crippen LogP contribution in [0.5, 0.6) is 5.75 Å². The molecular weight excluding hydrogens is 218 g/mol. The minimum Gasteiger partial charge on any atom is -0.508 e. The van der Waals surface area contributed by atoms with Crippen LogP contribution >= 0.6 is 0 Å². The van der Waals surface area contributed by atoms with Crippen LogP contribution in [-0.2, 0) is 10.3 Å². The van der Waals surface area contributed by atoms with Crippen molar-refractivity contribution in [1.82, 2.24) is 4.90 Å². The van der Waals surface area contributed by atoms with E-state index in [4.69, 9.17) is 4.74 Å². The normalized spacial score (nSPS) is 21.1. The standard InChI is InChI=1S/C13H19NO3/c1-13(16,10-14-6-8-17-9-7-14)11-4-2-3-5-12(11)15/h2-5,15-16H,6-10H2,1H3. The van der Waals surface area contributed by atoms with Crippen molar-refractivity contribution in [3.63, 3.8) is 0 Å². The molecule has 4 nitrogen and oxygen atoms in total. The number of aromatic hydroxyl groups is 1. The van der Waals surface area contributed by atoms with Crippen LogP contribution in [0.1, 0.15) is 12.5 Å². The quantitative estimate of drug-likeness (QED) is 0.821. The molecule has 17 heavy (non-hydrogen) atoms. The third-order valence-corrected chi connectivity index (χ3v) is 3.12. The molecule has 1 fully saturated rings. The fourth-order valence-corrected chi connectivity index (χ4v) is 2.21. The third kappa shape index (κ3) is 2.97. The number of nitrogens with zero attached hydrogens (tertiary/aromatic N) is 1. The third-order valence-electron chi connectivity index (χ3n) is 3.12. The summed E-state index contributed by atoms with van der Waals surface area (Å²) in [6.07, 6.45) is 0. The summed E-state index contributed by atoms with van der Waals surface area (Å²) >= 11 is 0. The van der Waals surface area contributed by atoms with Gasteiger partial charge in [0.15, 0.2) is 0 Å². The van der Waals surface area contributed by atoms with Crippen LogP contribution in [0.15, 0.2) is 24.3 Å². The van der Waals surface area contributed by atoms with Crippen LogP contribution in [-0.4, -0.2) is 48.0 Å². The molecule has 0 radical (unpaired) electrons. The molecule has 0 amide bonds. The SMILES string of the molecule is CC(O)(CN1CCOCC1)c1ccccc1O. The summed E-state index contributed by atoms with van der Waals surface area (Å²) in [5.74, 6) is 0.144. The first-order chi connectivity index (χ1) is 8.09. The van der Waals surface area contributed by atoms with Crippen molar-refractivity contribution >= 4 is 0 Å². The number of phenolic OH excluding ortho intramolecular Hbond substituents is 1. The maximum absolute atomic E-state index is 10.5. The predicted octanol–water partition coefficient (Wildman–Crippen LogP) is 0.932. The molecule has 1 aliphatic rings. The van der Waals surface area contributed by atoms with Gasteiger partial charge in [-0.3, -0.25) is 4.90 Å². The van der Waals surface area contributed by atoms with Crippen molar-refractivity contribution in [1.29, 1.82) is 0 Å².